The molecule has 0 spiro atoms. The summed E-state index contributed by atoms with van der Waals surface area (Å²) < 4.78 is 57.7. The molecule has 0 saturated carbocycles. The summed E-state index contributed by atoms with van der Waals surface area (Å²) in [5.74, 6) is -6.42. The lowest BCUT2D eigenvalue weighted by atomic mass is 9.99. The van der Waals surface area contributed by atoms with Crippen LogP contribution in [0.3, 0.4) is 0 Å². The van der Waals surface area contributed by atoms with E-state index in [1.165, 1.54) is 30.4 Å². The lowest BCUT2D eigenvalue weighted by Gasteiger charge is -2.20. The third-order valence-electron chi connectivity index (χ3n) is 4.69. The lowest BCUT2D eigenvalue weighted by Crippen LogP contribution is -2.29. The van der Waals surface area contributed by atoms with Crippen LogP contribution in [-0.2, 0) is 4.79 Å². The second kappa shape index (κ2) is 12.3. The number of carbonyl (C=O) groups is 2. The van der Waals surface area contributed by atoms with Gasteiger partial charge < -0.3 is 16.0 Å². The summed E-state index contributed by atoms with van der Waals surface area (Å²) in [5.41, 5.74) is 3.13. The van der Waals surface area contributed by atoms with Crippen molar-refractivity contribution < 1.29 is 27.2 Å². The molecule has 1 aromatic heterocycles. The first kappa shape index (κ1) is 28.8. The Morgan fingerprint density at radius 2 is 1.59 bits per heavy atom. The molecule has 3 rings (SSSR count). The predicted octanol–water partition coefficient (Wildman–Crippen LogP) is 4.71. The largest absolute Gasteiger partial charge is 0.330 e. The van der Waals surface area contributed by atoms with E-state index in [0.29, 0.717) is 0 Å². The summed E-state index contributed by atoms with van der Waals surface area (Å²) >= 11 is 0. The normalized spacial score (nSPS) is 10.1. The number of anilines is 2. The van der Waals surface area contributed by atoms with E-state index in [1.807, 2.05) is 0 Å². The summed E-state index contributed by atoms with van der Waals surface area (Å²) in [6.45, 7) is 0.117. The summed E-state index contributed by atoms with van der Waals surface area (Å²) in [6, 6.07) is 5.78. The Labute approximate surface area is 205 Å². The maximum absolute atomic E-state index is 15.1. The van der Waals surface area contributed by atoms with Crippen LogP contribution < -0.4 is 16.0 Å². The van der Waals surface area contributed by atoms with Gasteiger partial charge in [0.15, 0.2) is 0 Å². The van der Waals surface area contributed by atoms with E-state index in [2.05, 4.69) is 10.3 Å². The third kappa shape index (κ3) is 5.82. The molecule has 3 N–H and O–H groups in total. The number of nitrogens with one attached hydrogen (secondary N) is 1. The number of carbonyl (C=O) groups excluding carboxylic acids is 2. The molecule has 0 aliphatic carbocycles. The van der Waals surface area contributed by atoms with E-state index < -0.39 is 45.9 Å². The number of nitrogens with two attached hydrogens (primary N) is 1. The van der Waals surface area contributed by atoms with Crippen molar-refractivity contribution in [2.75, 3.05) is 23.8 Å². The monoisotopic (exact) mass is 518 g/mol. The van der Waals surface area contributed by atoms with E-state index in [4.69, 9.17) is 5.73 Å². The van der Waals surface area contributed by atoms with Gasteiger partial charge in [0.05, 0.1) is 34.3 Å². The first-order valence-corrected chi connectivity index (χ1v) is 9.40. The number of hydrogen-bond donors (Lipinski definition) is 2. The fraction of sp³-hybridized carbons (Fsp3) is 0.136. The fourth-order valence-corrected chi connectivity index (χ4v) is 3.08. The lowest BCUT2D eigenvalue weighted by molar-refractivity contribution is -0.118. The highest BCUT2D eigenvalue weighted by molar-refractivity contribution is 6.08. The maximum Gasteiger partial charge on any atom is 0.258 e. The summed E-state index contributed by atoms with van der Waals surface area (Å²) in [5, 5.41) is 2.40. The Kier molecular flexibility index (Phi) is 10.4. The average molecular weight is 519 g/mol. The second-order valence-corrected chi connectivity index (χ2v) is 6.72. The van der Waals surface area contributed by atoms with Gasteiger partial charge in [-0.25, -0.2) is 17.6 Å². The van der Waals surface area contributed by atoms with Crippen LogP contribution in [0.5, 0.6) is 0 Å². The van der Waals surface area contributed by atoms with Crippen LogP contribution in [-0.4, -0.2) is 30.4 Å². The molecule has 3 aromatic rings. The van der Waals surface area contributed by atoms with Crippen molar-refractivity contribution >= 4 is 48.0 Å². The molecule has 1 heterocycles. The molecule has 0 bridgehead atoms. The van der Waals surface area contributed by atoms with E-state index in [1.54, 1.807) is 0 Å². The molecule has 0 atom stereocenters. The molecule has 0 aliphatic heterocycles. The second-order valence-electron chi connectivity index (χ2n) is 6.72. The Bertz CT molecular complexity index is 1180. The molecule has 0 radical (unpaired) electrons. The molecule has 34 heavy (non-hydrogen) atoms. The number of hydrogen-bond acceptors (Lipinski definition) is 4. The highest BCUT2D eigenvalue weighted by atomic mass is 35.5. The van der Waals surface area contributed by atoms with Crippen LogP contribution >= 0.6 is 24.8 Å². The zero-order chi connectivity index (χ0) is 23.4. The highest BCUT2D eigenvalue weighted by Crippen LogP contribution is 2.33. The van der Waals surface area contributed by atoms with E-state index in [9.17, 15) is 22.8 Å². The molecule has 0 aliphatic rings. The van der Waals surface area contributed by atoms with Gasteiger partial charge in [0.2, 0.25) is 5.91 Å². The molecule has 0 unspecified atom stereocenters. The van der Waals surface area contributed by atoms with Crippen molar-refractivity contribution in [1.29, 1.82) is 0 Å². The van der Waals surface area contributed by atoms with Gasteiger partial charge in [-0.1, -0.05) is 6.07 Å². The fourth-order valence-electron chi connectivity index (χ4n) is 3.08. The van der Waals surface area contributed by atoms with Crippen molar-refractivity contribution in [2.24, 2.45) is 5.73 Å². The first-order valence-electron chi connectivity index (χ1n) is 9.40. The van der Waals surface area contributed by atoms with Crippen LogP contribution in [0, 0.1) is 23.3 Å². The third-order valence-corrected chi connectivity index (χ3v) is 4.69. The number of halogens is 6. The number of pyridine rings is 1. The van der Waals surface area contributed by atoms with Gasteiger partial charge in [0.1, 0.15) is 23.3 Å². The van der Waals surface area contributed by atoms with E-state index >= 15 is 4.39 Å². The van der Waals surface area contributed by atoms with Gasteiger partial charge in [-0.05, 0) is 30.3 Å². The molecular formula is C22H20Cl2F4N4O2. The number of benzene rings is 2. The topological polar surface area (TPSA) is 88.3 Å². The zero-order valence-electron chi connectivity index (χ0n) is 17.6. The van der Waals surface area contributed by atoms with Crippen molar-refractivity contribution in [1.82, 2.24) is 4.98 Å². The van der Waals surface area contributed by atoms with Crippen LogP contribution in [0.15, 0.2) is 48.8 Å². The quantitative estimate of drug-likeness (QED) is 0.462. The standard InChI is InChI=1S/C22H18F4N4O2.2ClH/c1-30(18(31)7-9-27)17-8-10-28-11-16(17)29-22(32)12-5-6-15(25)20(21(12)26)19-13(23)3-2-4-14(19)24;;/h2-6,8,10-11H,7,9,27H2,1H3,(H,29,32);2*1H. The van der Waals surface area contributed by atoms with E-state index in [-0.39, 0.29) is 55.1 Å². The predicted molar refractivity (Wildman–Crippen MR) is 125 cm³/mol. The van der Waals surface area contributed by atoms with Crippen LogP contribution in [0.1, 0.15) is 16.8 Å². The Morgan fingerprint density at radius 1 is 0.971 bits per heavy atom. The van der Waals surface area contributed by atoms with Gasteiger partial charge in [-0.2, -0.15) is 0 Å². The molecule has 6 nitrogen and oxygen atoms in total. The van der Waals surface area contributed by atoms with Gasteiger partial charge in [-0.3, -0.25) is 14.6 Å². The van der Waals surface area contributed by atoms with Crippen LogP contribution in [0.25, 0.3) is 11.1 Å². The molecule has 2 amide bonds. The van der Waals surface area contributed by atoms with Crippen LogP contribution in [0.2, 0.25) is 0 Å². The van der Waals surface area contributed by atoms with Gasteiger partial charge in [0, 0.05) is 26.2 Å². The smallest absolute Gasteiger partial charge is 0.258 e. The summed E-state index contributed by atoms with van der Waals surface area (Å²) in [4.78, 5) is 30.0. The number of aromatic nitrogens is 1. The van der Waals surface area contributed by atoms with Crippen molar-refractivity contribution in [3.63, 3.8) is 0 Å². The van der Waals surface area contributed by atoms with Crippen molar-refractivity contribution in [2.45, 2.75) is 6.42 Å². The molecule has 0 saturated heterocycles. The van der Waals surface area contributed by atoms with Crippen LogP contribution in [0.4, 0.5) is 28.9 Å². The van der Waals surface area contributed by atoms with Gasteiger partial charge in [0.25, 0.3) is 5.91 Å². The minimum Gasteiger partial charge on any atom is -0.330 e. The average Bonchev–Trinajstić information content (AvgIpc) is 2.75. The molecule has 12 heteroatoms. The molecule has 182 valence electrons. The van der Waals surface area contributed by atoms with Crippen molar-refractivity contribution in [3.05, 3.63) is 77.6 Å². The van der Waals surface area contributed by atoms with Gasteiger partial charge >= 0.3 is 0 Å². The number of amides is 2. The van der Waals surface area contributed by atoms with E-state index in [0.717, 1.165) is 30.3 Å². The number of nitrogens with zero attached hydrogens (tertiary/aromatic N) is 2. The Balaban J connectivity index is 0.00000289. The molecule has 2 aromatic carbocycles. The molecule has 0 fully saturated rings. The number of rotatable bonds is 6. The van der Waals surface area contributed by atoms with Gasteiger partial charge in [-0.15, -0.1) is 24.8 Å². The van der Waals surface area contributed by atoms with Crippen molar-refractivity contribution in [3.8, 4) is 11.1 Å². The minimum absolute atomic E-state index is 0. The summed E-state index contributed by atoms with van der Waals surface area (Å²) in [7, 11) is 1.46. The highest BCUT2D eigenvalue weighted by Gasteiger charge is 2.25. The first-order chi connectivity index (χ1) is 15.3. The maximum atomic E-state index is 15.1. The SMILES string of the molecule is CN(C(=O)CCN)c1ccncc1NC(=O)c1ccc(F)c(-c2c(F)cccc2F)c1F.Cl.Cl. The Morgan fingerprint density at radius 3 is 2.21 bits per heavy atom. The zero-order valence-corrected chi connectivity index (χ0v) is 19.3. The summed E-state index contributed by atoms with van der Waals surface area (Å²) in [6.07, 6.45) is 2.67. The molecular weight excluding hydrogens is 499 g/mol. The minimum atomic E-state index is -1.44. The Hall–Kier alpha value is -3.21.